The highest BCUT2D eigenvalue weighted by Crippen LogP contribution is 2.28. The smallest absolute Gasteiger partial charge is 0.191 e. The minimum Gasteiger partial charge on any atom is -0.490 e. The summed E-state index contributed by atoms with van der Waals surface area (Å²) in [6.45, 7) is 13.2. The van der Waals surface area contributed by atoms with Gasteiger partial charge in [-0.05, 0) is 44.9 Å². The zero-order valence-electron chi connectivity index (χ0n) is 14.5. The van der Waals surface area contributed by atoms with E-state index < -0.39 is 0 Å². The van der Waals surface area contributed by atoms with Gasteiger partial charge in [-0.25, -0.2) is 0 Å². The third kappa shape index (κ3) is 7.08. The van der Waals surface area contributed by atoms with Crippen molar-refractivity contribution in [3.8, 4) is 11.5 Å². The predicted octanol–water partition coefficient (Wildman–Crippen LogP) is 2.77. The molecule has 1 aromatic carbocycles. The standard InChI is InChI=1S/C18H29N3O2/c1-5-12-20-18(19-6-2)21-13-11-15-9-10-16(22-7-3)17(14-15)23-8-4/h5,9-10,14H,1,6-8,11-13H2,2-4H3,(H2,19,20,21). The molecule has 0 bridgehead atoms. The van der Waals surface area contributed by atoms with Crippen molar-refractivity contribution in [1.82, 2.24) is 10.6 Å². The van der Waals surface area contributed by atoms with Crippen LogP contribution in [0.2, 0.25) is 0 Å². The van der Waals surface area contributed by atoms with Gasteiger partial charge in [-0.2, -0.15) is 0 Å². The van der Waals surface area contributed by atoms with E-state index in [1.807, 2.05) is 39.0 Å². The third-order valence-corrected chi connectivity index (χ3v) is 3.04. The molecule has 0 amide bonds. The van der Waals surface area contributed by atoms with Gasteiger partial charge in [0.25, 0.3) is 0 Å². The molecular weight excluding hydrogens is 290 g/mol. The largest absolute Gasteiger partial charge is 0.490 e. The van der Waals surface area contributed by atoms with Crippen molar-refractivity contribution < 1.29 is 9.47 Å². The molecule has 0 aliphatic rings. The Hall–Kier alpha value is -2.17. The zero-order chi connectivity index (χ0) is 16.9. The number of rotatable bonds is 10. The third-order valence-electron chi connectivity index (χ3n) is 3.04. The molecule has 0 spiro atoms. The van der Waals surface area contributed by atoms with Crippen LogP contribution >= 0.6 is 0 Å². The van der Waals surface area contributed by atoms with Gasteiger partial charge in [0.15, 0.2) is 17.5 Å². The van der Waals surface area contributed by atoms with Crippen LogP contribution in [0.15, 0.2) is 35.8 Å². The Bertz CT molecular complexity index is 501. The number of hydrogen-bond donors (Lipinski definition) is 2. The molecule has 2 N–H and O–H groups in total. The van der Waals surface area contributed by atoms with E-state index in [-0.39, 0.29) is 0 Å². The molecule has 128 valence electrons. The minimum absolute atomic E-state index is 0.623. The first-order valence-corrected chi connectivity index (χ1v) is 8.26. The van der Waals surface area contributed by atoms with E-state index in [1.165, 1.54) is 5.56 Å². The van der Waals surface area contributed by atoms with Crippen LogP contribution in [0.3, 0.4) is 0 Å². The monoisotopic (exact) mass is 319 g/mol. The molecule has 5 heteroatoms. The van der Waals surface area contributed by atoms with E-state index in [2.05, 4.69) is 28.3 Å². The SMILES string of the molecule is C=CCNC(=NCCc1ccc(OCC)c(OCC)c1)NCC. The molecule has 0 atom stereocenters. The number of nitrogens with zero attached hydrogens (tertiary/aromatic N) is 1. The van der Waals surface area contributed by atoms with Crippen molar-refractivity contribution in [2.75, 3.05) is 32.8 Å². The Morgan fingerprint density at radius 1 is 1.13 bits per heavy atom. The second kappa shape index (κ2) is 11.4. The van der Waals surface area contributed by atoms with E-state index in [4.69, 9.17) is 9.47 Å². The second-order valence-electron chi connectivity index (χ2n) is 4.83. The Morgan fingerprint density at radius 2 is 1.87 bits per heavy atom. The fourth-order valence-corrected chi connectivity index (χ4v) is 2.06. The summed E-state index contributed by atoms with van der Waals surface area (Å²) in [4.78, 5) is 4.56. The number of nitrogens with one attached hydrogen (secondary N) is 2. The molecule has 0 aliphatic heterocycles. The zero-order valence-corrected chi connectivity index (χ0v) is 14.5. The average Bonchev–Trinajstić information content (AvgIpc) is 2.55. The summed E-state index contributed by atoms with van der Waals surface area (Å²) in [5.74, 6) is 2.40. The quantitative estimate of drug-likeness (QED) is 0.395. The number of hydrogen-bond acceptors (Lipinski definition) is 3. The molecular formula is C18H29N3O2. The van der Waals surface area contributed by atoms with E-state index in [0.29, 0.717) is 26.3 Å². The molecule has 0 radical (unpaired) electrons. The maximum absolute atomic E-state index is 5.65. The van der Waals surface area contributed by atoms with Gasteiger partial charge in [0.05, 0.1) is 13.2 Å². The summed E-state index contributed by atoms with van der Waals surface area (Å²) in [5, 5.41) is 6.40. The molecule has 5 nitrogen and oxygen atoms in total. The number of guanidine groups is 1. The predicted molar refractivity (Wildman–Crippen MR) is 96.7 cm³/mol. The van der Waals surface area contributed by atoms with Crippen molar-refractivity contribution in [2.45, 2.75) is 27.2 Å². The maximum Gasteiger partial charge on any atom is 0.191 e. The van der Waals surface area contributed by atoms with Gasteiger partial charge in [-0.3, -0.25) is 4.99 Å². The van der Waals surface area contributed by atoms with Crippen molar-refractivity contribution in [3.63, 3.8) is 0 Å². The van der Waals surface area contributed by atoms with Crippen LogP contribution in [0.25, 0.3) is 0 Å². The molecule has 1 aromatic rings. The van der Waals surface area contributed by atoms with Crippen LogP contribution < -0.4 is 20.1 Å². The summed E-state index contributed by atoms with van der Waals surface area (Å²) < 4.78 is 11.2. The Kier molecular flexibility index (Phi) is 9.36. The van der Waals surface area contributed by atoms with E-state index in [9.17, 15) is 0 Å². The van der Waals surface area contributed by atoms with Crippen molar-refractivity contribution in [2.24, 2.45) is 4.99 Å². The lowest BCUT2D eigenvalue weighted by Crippen LogP contribution is -2.37. The van der Waals surface area contributed by atoms with Crippen LogP contribution in [0, 0.1) is 0 Å². The fourth-order valence-electron chi connectivity index (χ4n) is 2.06. The van der Waals surface area contributed by atoms with Gasteiger partial charge in [0, 0.05) is 19.6 Å². The van der Waals surface area contributed by atoms with Crippen LogP contribution in [-0.4, -0.2) is 38.8 Å². The second-order valence-corrected chi connectivity index (χ2v) is 4.83. The molecule has 0 unspecified atom stereocenters. The Labute approximate surface area is 139 Å². The summed E-state index contributed by atoms with van der Waals surface area (Å²) >= 11 is 0. The summed E-state index contributed by atoms with van der Waals surface area (Å²) in [6.07, 6.45) is 2.66. The lowest BCUT2D eigenvalue weighted by molar-refractivity contribution is 0.287. The summed E-state index contributed by atoms with van der Waals surface area (Å²) in [6, 6.07) is 6.07. The highest BCUT2D eigenvalue weighted by molar-refractivity contribution is 5.79. The van der Waals surface area contributed by atoms with Gasteiger partial charge >= 0.3 is 0 Å². The fraction of sp³-hybridized carbons (Fsp3) is 0.500. The topological polar surface area (TPSA) is 54.9 Å². The van der Waals surface area contributed by atoms with E-state index in [0.717, 1.165) is 30.4 Å². The number of benzene rings is 1. The Balaban J connectivity index is 2.68. The minimum atomic E-state index is 0.623. The van der Waals surface area contributed by atoms with Gasteiger partial charge in [0.2, 0.25) is 0 Å². The molecule has 0 heterocycles. The van der Waals surface area contributed by atoms with Crippen LogP contribution in [-0.2, 0) is 6.42 Å². The lowest BCUT2D eigenvalue weighted by Gasteiger charge is -2.12. The van der Waals surface area contributed by atoms with Crippen molar-refractivity contribution >= 4 is 5.96 Å². The molecule has 0 aromatic heterocycles. The number of ether oxygens (including phenoxy) is 2. The van der Waals surface area contributed by atoms with Crippen LogP contribution in [0.4, 0.5) is 0 Å². The van der Waals surface area contributed by atoms with Gasteiger partial charge < -0.3 is 20.1 Å². The van der Waals surface area contributed by atoms with Gasteiger partial charge in [-0.1, -0.05) is 12.1 Å². The normalized spacial score (nSPS) is 11.0. The molecule has 0 saturated carbocycles. The number of aliphatic imine (C=N–C) groups is 1. The summed E-state index contributed by atoms with van der Waals surface area (Å²) in [5.41, 5.74) is 1.18. The first-order chi connectivity index (χ1) is 11.2. The van der Waals surface area contributed by atoms with Crippen molar-refractivity contribution in [1.29, 1.82) is 0 Å². The average molecular weight is 319 g/mol. The lowest BCUT2D eigenvalue weighted by atomic mass is 10.1. The molecule has 0 saturated heterocycles. The molecule has 23 heavy (non-hydrogen) atoms. The molecule has 0 fully saturated rings. The van der Waals surface area contributed by atoms with Crippen LogP contribution in [0.5, 0.6) is 11.5 Å². The molecule has 1 rings (SSSR count). The summed E-state index contributed by atoms with van der Waals surface area (Å²) in [7, 11) is 0. The van der Waals surface area contributed by atoms with Crippen molar-refractivity contribution in [3.05, 3.63) is 36.4 Å². The first-order valence-electron chi connectivity index (χ1n) is 8.26. The van der Waals surface area contributed by atoms with Gasteiger partial charge in [0.1, 0.15) is 0 Å². The van der Waals surface area contributed by atoms with Gasteiger partial charge in [-0.15, -0.1) is 6.58 Å². The van der Waals surface area contributed by atoms with Crippen LogP contribution in [0.1, 0.15) is 26.3 Å². The first kappa shape index (κ1) is 18.9. The van der Waals surface area contributed by atoms with E-state index in [1.54, 1.807) is 0 Å². The highest BCUT2D eigenvalue weighted by atomic mass is 16.5. The Morgan fingerprint density at radius 3 is 2.52 bits per heavy atom. The van der Waals surface area contributed by atoms with E-state index >= 15 is 0 Å². The molecule has 0 aliphatic carbocycles. The maximum atomic E-state index is 5.65. The highest BCUT2D eigenvalue weighted by Gasteiger charge is 2.06.